The fourth-order valence-electron chi connectivity index (χ4n) is 6.32. The normalized spacial score (nSPS) is 29.6. The van der Waals surface area contributed by atoms with Crippen LogP contribution in [0.25, 0.3) is 16.8 Å². The van der Waals surface area contributed by atoms with Gasteiger partial charge in [-0.2, -0.15) is 0 Å². The molecule has 10 heteroatoms. The summed E-state index contributed by atoms with van der Waals surface area (Å²) < 4.78 is 23.6. The van der Waals surface area contributed by atoms with E-state index in [-0.39, 0.29) is 31.2 Å². The highest BCUT2D eigenvalue weighted by Gasteiger charge is 2.58. The molecule has 3 aliphatic rings. The molecule has 0 radical (unpaired) electrons. The monoisotopic (exact) mass is 533 g/mol. The van der Waals surface area contributed by atoms with Crippen molar-refractivity contribution in [2.45, 2.75) is 120 Å². The highest BCUT2D eigenvalue weighted by atomic mass is 35.5. The fourth-order valence-corrected chi connectivity index (χ4v) is 6.32. The highest BCUT2D eigenvalue weighted by Crippen LogP contribution is 2.47. The van der Waals surface area contributed by atoms with Gasteiger partial charge in [-0.1, -0.05) is 64.2 Å². The molecule has 2 aliphatic heterocycles. The van der Waals surface area contributed by atoms with Crippen molar-refractivity contribution in [3.63, 3.8) is 0 Å². The third-order valence-electron chi connectivity index (χ3n) is 8.26. The van der Waals surface area contributed by atoms with Crippen molar-refractivity contribution in [2.24, 2.45) is 0 Å². The standard InChI is InChI=1S/C27H39N5O4.ClH/c33-17-20-22-23(26(34-20)32-19-29-21-24-28-15-16-31(24)18-30-25(21)32)36-27(35-22)13-11-9-7-5-3-1-2-4-6-8-10-12-14-27;/h15-16,18-20,22-23,26,33H,1-14,17H2;1H/t20-,22-,23-,26-;/m1./s1. The zero-order valence-corrected chi connectivity index (χ0v) is 22.4. The van der Waals surface area contributed by atoms with Gasteiger partial charge in [-0.3, -0.25) is 8.97 Å². The second-order valence-corrected chi connectivity index (χ2v) is 10.8. The van der Waals surface area contributed by atoms with Crippen LogP contribution in [0.5, 0.6) is 0 Å². The predicted molar refractivity (Wildman–Crippen MR) is 142 cm³/mol. The Morgan fingerprint density at radius 1 is 0.784 bits per heavy atom. The molecule has 0 bridgehead atoms. The molecule has 9 nitrogen and oxygen atoms in total. The number of ether oxygens (including phenoxy) is 3. The predicted octanol–water partition coefficient (Wildman–Crippen LogP) is 5.35. The molecule has 0 amide bonds. The minimum absolute atomic E-state index is 0. The van der Waals surface area contributed by atoms with Crippen molar-refractivity contribution >= 4 is 29.2 Å². The molecule has 3 fully saturated rings. The average Bonchev–Trinajstić information content (AvgIpc) is 3.65. The first-order chi connectivity index (χ1) is 17.8. The number of fused-ring (bicyclic) bond motifs is 4. The molecule has 2 saturated heterocycles. The number of aromatic nitrogens is 5. The summed E-state index contributed by atoms with van der Waals surface area (Å²) >= 11 is 0. The first-order valence-corrected chi connectivity index (χ1v) is 14.0. The van der Waals surface area contributed by atoms with E-state index in [9.17, 15) is 5.11 Å². The maximum absolute atomic E-state index is 10.2. The molecule has 1 aliphatic carbocycles. The average molecular weight is 534 g/mol. The van der Waals surface area contributed by atoms with E-state index in [0.717, 1.165) is 36.8 Å². The number of hydrogen-bond donors (Lipinski definition) is 1. The Morgan fingerprint density at radius 2 is 1.41 bits per heavy atom. The minimum atomic E-state index is -0.606. The lowest BCUT2D eigenvalue weighted by Crippen LogP contribution is -2.36. The molecule has 3 aromatic rings. The lowest BCUT2D eigenvalue weighted by molar-refractivity contribution is -0.227. The van der Waals surface area contributed by atoms with Crippen molar-refractivity contribution in [3.05, 3.63) is 25.0 Å². The maximum Gasteiger partial charge on any atom is 0.169 e. The van der Waals surface area contributed by atoms with E-state index in [1.165, 1.54) is 64.2 Å². The lowest BCUT2D eigenvalue weighted by Gasteiger charge is -2.31. The molecule has 0 unspecified atom stereocenters. The quantitative estimate of drug-likeness (QED) is 0.474. The fraction of sp³-hybridized carbons (Fsp3) is 0.741. The lowest BCUT2D eigenvalue weighted by atomic mass is 9.99. The number of aliphatic hydroxyl groups is 1. The van der Waals surface area contributed by atoms with Gasteiger partial charge < -0.3 is 19.3 Å². The van der Waals surface area contributed by atoms with Crippen molar-refractivity contribution in [3.8, 4) is 0 Å². The van der Waals surface area contributed by atoms with E-state index in [1.807, 2.05) is 15.2 Å². The molecule has 1 N–H and O–H groups in total. The molecule has 4 atom stereocenters. The molecule has 0 aromatic carbocycles. The van der Waals surface area contributed by atoms with Crippen LogP contribution in [0.3, 0.4) is 0 Å². The van der Waals surface area contributed by atoms with Gasteiger partial charge in [0.15, 0.2) is 28.8 Å². The van der Waals surface area contributed by atoms with Gasteiger partial charge in [0.25, 0.3) is 0 Å². The largest absolute Gasteiger partial charge is 0.394 e. The Kier molecular flexibility index (Phi) is 8.66. The van der Waals surface area contributed by atoms with Crippen LogP contribution in [-0.2, 0) is 14.2 Å². The van der Waals surface area contributed by atoms with Crippen LogP contribution < -0.4 is 0 Å². The van der Waals surface area contributed by atoms with E-state index in [4.69, 9.17) is 14.2 Å². The van der Waals surface area contributed by atoms with Gasteiger partial charge >= 0.3 is 0 Å². The summed E-state index contributed by atoms with van der Waals surface area (Å²) in [6.07, 6.45) is 22.7. The number of halogens is 1. The van der Waals surface area contributed by atoms with E-state index >= 15 is 0 Å². The van der Waals surface area contributed by atoms with Gasteiger partial charge in [-0.15, -0.1) is 12.4 Å². The van der Waals surface area contributed by atoms with Crippen LogP contribution >= 0.6 is 12.4 Å². The first-order valence-electron chi connectivity index (χ1n) is 14.0. The molecule has 1 saturated carbocycles. The number of imidazole rings is 2. The molecule has 6 rings (SSSR count). The van der Waals surface area contributed by atoms with Crippen LogP contribution in [0.1, 0.15) is 96.1 Å². The number of nitrogens with zero attached hydrogens (tertiary/aromatic N) is 5. The van der Waals surface area contributed by atoms with E-state index in [0.29, 0.717) is 5.65 Å². The Morgan fingerprint density at radius 3 is 2.05 bits per heavy atom. The smallest absolute Gasteiger partial charge is 0.169 e. The van der Waals surface area contributed by atoms with Crippen LogP contribution in [-0.4, -0.2) is 59.7 Å². The number of rotatable bonds is 2. The molecule has 1 spiro atoms. The maximum atomic E-state index is 10.2. The molecular weight excluding hydrogens is 494 g/mol. The van der Waals surface area contributed by atoms with Crippen LogP contribution in [0.4, 0.5) is 0 Å². The summed E-state index contributed by atoms with van der Waals surface area (Å²) in [6, 6.07) is 0. The summed E-state index contributed by atoms with van der Waals surface area (Å²) in [4.78, 5) is 13.7. The van der Waals surface area contributed by atoms with E-state index in [2.05, 4.69) is 15.0 Å². The van der Waals surface area contributed by atoms with Gasteiger partial charge in [-0.05, 0) is 12.8 Å². The highest BCUT2D eigenvalue weighted by molar-refractivity contribution is 5.85. The van der Waals surface area contributed by atoms with E-state index < -0.39 is 18.1 Å². The minimum Gasteiger partial charge on any atom is -0.394 e. The number of hydrogen-bond acceptors (Lipinski definition) is 7. The Bertz CT molecular complexity index is 1140. The summed E-state index contributed by atoms with van der Waals surface area (Å²) in [5, 5.41) is 10.2. The van der Waals surface area contributed by atoms with Crippen molar-refractivity contribution in [2.75, 3.05) is 6.61 Å². The van der Waals surface area contributed by atoms with Gasteiger partial charge in [0, 0.05) is 25.2 Å². The SMILES string of the molecule is Cl.OC[C@H]1O[C@@H](n2cnc3c2ncn2ccnc32)[C@@H]2OC3(CCCCCCCCCCCCCC3)O[C@@H]21. The van der Waals surface area contributed by atoms with Crippen molar-refractivity contribution < 1.29 is 19.3 Å². The summed E-state index contributed by atoms with van der Waals surface area (Å²) in [6.45, 7) is -0.109. The van der Waals surface area contributed by atoms with Gasteiger partial charge in [-0.25, -0.2) is 15.0 Å². The molecule has 37 heavy (non-hydrogen) atoms. The third kappa shape index (κ3) is 5.39. The summed E-state index contributed by atoms with van der Waals surface area (Å²) in [5.41, 5.74) is 2.18. The van der Waals surface area contributed by atoms with Crippen molar-refractivity contribution in [1.82, 2.24) is 23.9 Å². The van der Waals surface area contributed by atoms with Gasteiger partial charge in [0.05, 0.1) is 12.9 Å². The Hall–Kier alpha value is -1.78. The van der Waals surface area contributed by atoms with Crippen molar-refractivity contribution in [1.29, 1.82) is 0 Å². The van der Waals surface area contributed by atoms with Crippen LogP contribution in [0.15, 0.2) is 25.0 Å². The molecule has 5 heterocycles. The van der Waals surface area contributed by atoms with Gasteiger partial charge in [0.1, 0.15) is 24.6 Å². The first kappa shape index (κ1) is 26.8. The second-order valence-electron chi connectivity index (χ2n) is 10.8. The van der Waals surface area contributed by atoms with E-state index in [1.54, 1.807) is 18.9 Å². The second kappa shape index (κ2) is 11.9. The van der Waals surface area contributed by atoms with Gasteiger partial charge in [0.2, 0.25) is 0 Å². The molecule has 204 valence electrons. The zero-order valence-electron chi connectivity index (χ0n) is 21.5. The summed E-state index contributed by atoms with van der Waals surface area (Å²) in [5.74, 6) is -0.606. The Labute approximate surface area is 224 Å². The third-order valence-corrected chi connectivity index (χ3v) is 8.26. The number of aliphatic hydroxyl groups excluding tert-OH is 1. The molecule has 3 aromatic heterocycles. The summed E-state index contributed by atoms with van der Waals surface area (Å²) in [7, 11) is 0. The Balaban J connectivity index is 0.00000280. The zero-order chi connectivity index (χ0) is 24.4. The van der Waals surface area contributed by atoms with Crippen LogP contribution in [0.2, 0.25) is 0 Å². The topological polar surface area (TPSA) is 95.9 Å². The van der Waals surface area contributed by atoms with Crippen LogP contribution in [0, 0.1) is 0 Å². The molecular formula is C27H40ClN5O4.